The van der Waals surface area contributed by atoms with Crippen LogP contribution in [0.2, 0.25) is 10.0 Å². The lowest BCUT2D eigenvalue weighted by atomic mass is 10.1. The van der Waals surface area contributed by atoms with E-state index in [-0.39, 0.29) is 18.6 Å². The van der Waals surface area contributed by atoms with Crippen LogP contribution < -0.4 is 20.1 Å². The fourth-order valence-electron chi connectivity index (χ4n) is 2.99. The van der Waals surface area contributed by atoms with Gasteiger partial charge in [0, 0.05) is 6.54 Å². The number of benzene rings is 2. The van der Waals surface area contributed by atoms with E-state index in [1.807, 2.05) is 25.1 Å². The number of likely N-dealkylation sites (N-methyl/N-ethyl adjacent to an activating group) is 1. The molecule has 2 N–H and O–H groups in total. The fraction of sp³-hybridized carbons (Fsp3) is 0.333. The van der Waals surface area contributed by atoms with Gasteiger partial charge in [0.05, 0.1) is 21.8 Å². The Kier molecular flexibility index (Phi) is 7.29. The average Bonchev–Trinajstić information content (AvgIpc) is 2.74. The predicted octanol–water partition coefficient (Wildman–Crippen LogP) is 4.50. The van der Waals surface area contributed by atoms with Crippen LogP contribution in [0.4, 0.5) is 10.5 Å². The van der Waals surface area contributed by atoms with Gasteiger partial charge in [-0.3, -0.25) is 4.79 Å². The first-order valence-corrected chi connectivity index (χ1v) is 10.3. The molecule has 1 unspecified atom stereocenters. The summed E-state index contributed by atoms with van der Waals surface area (Å²) in [6, 6.07) is 9.84. The number of hydrogen-bond donors (Lipinski definition) is 2. The third-order valence-corrected chi connectivity index (χ3v) is 5.27. The fourth-order valence-corrected chi connectivity index (χ4v) is 3.48. The van der Waals surface area contributed by atoms with Gasteiger partial charge in [-0.15, -0.1) is 0 Å². The van der Waals surface area contributed by atoms with Gasteiger partial charge in [-0.1, -0.05) is 35.3 Å². The Labute approximate surface area is 185 Å². The predicted molar refractivity (Wildman–Crippen MR) is 117 cm³/mol. The number of rotatable bonds is 6. The van der Waals surface area contributed by atoms with Crippen molar-refractivity contribution in [1.82, 2.24) is 10.2 Å². The number of amides is 3. The quantitative estimate of drug-likeness (QED) is 0.677. The third-order valence-electron chi connectivity index (χ3n) is 4.64. The Morgan fingerprint density at radius 2 is 1.77 bits per heavy atom. The molecule has 2 aromatic carbocycles. The Morgan fingerprint density at radius 3 is 2.43 bits per heavy atom. The first-order valence-electron chi connectivity index (χ1n) is 9.58. The molecule has 30 heavy (non-hydrogen) atoms. The van der Waals surface area contributed by atoms with Gasteiger partial charge in [0.2, 0.25) is 5.91 Å². The van der Waals surface area contributed by atoms with Crippen LogP contribution in [0.25, 0.3) is 0 Å². The van der Waals surface area contributed by atoms with Crippen molar-refractivity contribution in [3.63, 3.8) is 0 Å². The van der Waals surface area contributed by atoms with E-state index in [1.165, 1.54) is 4.90 Å². The number of hydrogen-bond acceptors (Lipinski definition) is 4. The van der Waals surface area contributed by atoms with E-state index in [0.29, 0.717) is 47.0 Å². The van der Waals surface area contributed by atoms with Gasteiger partial charge in [0.25, 0.3) is 0 Å². The van der Waals surface area contributed by atoms with E-state index in [4.69, 9.17) is 32.7 Å². The summed E-state index contributed by atoms with van der Waals surface area (Å²) >= 11 is 12.2. The number of urea groups is 1. The lowest BCUT2D eigenvalue weighted by molar-refractivity contribution is -0.116. The van der Waals surface area contributed by atoms with Gasteiger partial charge in [0.1, 0.15) is 19.8 Å². The summed E-state index contributed by atoms with van der Waals surface area (Å²) in [6.07, 6.45) is 0. The first-order chi connectivity index (χ1) is 14.4. The minimum absolute atomic E-state index is 0.141. The molecule has 1 aliphatic heterocycles. The van der Waals surface area contributed by atoms with Gasteiger partial charge >= 0.3 is 6.03 Å². The van der Waals surface area contributed by atoms with E-state index < -0.39 is 5.91 Å². The SMILES string of the molecule is CCN(CC(=O)Nc1c(Cl)cccc1Cl)C(=O)NC(C)c1ccc2c(c1)OCCO2. The van der Waals surface area contributed by atoms with Crippen molar-refractivity contribution < 1.29 is 19.1 Å². The summed E-state index contributed by atoms with van der Waals surface area (Å²) in [4.78, 5) is 26.5. The summed E-state index contributed by atoms with van der Waals surface area (Å²) in [6.45, 7) is 4.88. The number of para-hydroxylation sites is 1. The Balaban J connectivity index is 1.61. The molecule has 0 saturated heterocycles. The largest absolute Gasteiger partial charge is 0.486 e. The molecule has 0 saturated carbocycles. The summed E-state index contributed by atoms with van der Waals surface area (Å²) in [5.41, 5.74) is 1.20. The molecule has 3 amide bonds. The van der Waals surface area contributed by atoms with Crippen molar-refractivity contribution in [1.29, 1.82) is 0 Å². The molecule has 160 valence electrons. The van der Waals surface area contributed by atoms with Crippen LogP contribution in [0, 0.1) is 0 Å². The van der Waals surface area contributed by atoms with Crippen molar-refractivity contribution in [3.05, 3.63) is 52.0 Å². The maximum absolute atomic E-state index is 12.7. The lowest BCUT2D eigenvalue weighted by Gasteiger charge is -2.25. The van der Waals surface area contributed by atoms with Crippen LogP contribution in [-0.2, 0) is 4.79 Å². The maximum Gasteiger partial charge on any atom is 0.318 e. The van der Waals surface area contributed by atoms with E-state index >= 15 is 0 Å². The zero-order valence-electron chi connectivity index (χ0n) is 16.7. The topological polar surface area (TPSA) is 79.9 Å². The van der Waals surface area contributed by atoms with Crippen molar-refractivity contribution >= 4 is 40.8 Å². The van der Waals surface area contributed by atoms with Crippen LogP contribution in [-0.4, -0.2) is 43.1 Å². The minimum Gasteiger partial charge on any atom is -0.486 e. The molecular formula is C21H23Cl2N3O4. The van der Waals surface area contributed by atoms with Crippen molar-refractivity contribution in [3.8, 4) is 11.5 Å². The van der Waals surface area contributed by atoms with Crippen molar-refractivity contribution in [2.45, 2.75) is 19.9 Å². The summed E-state index contributed by atoms with van der Waals surface area (Å²) in [5, 5.41) is 6.23. The highest BCUT2D eigenvalue weighted by atomic mass is 35.5. The molecule has 2 aromatic rings. The number of carbonyl (C=O) groups excluding carboxylic acids is 2. The average molecular weight is 452 g/mol. The summed E-state index contributed by atoms with van der Waals surface area (Å²) in [5.74, 6) is 0.950. The van der Waals surface area contributed by atoms with Crippen LogP contribution >= 0.6 is 23.2 Å². The van der Waals surface area contributed by atoms with Crippen LogP contribution in [0.1, 0.15) is 25.5 Å². The Hall–Kier alpha value is -2.64. The van der Waals surface area contributed by atoms with E-state index in [9.17, 15) is 9.59 Å². The molecule has 0 aliphatic carbocycles. The van der Waals surface area contributed by atoms with Gasteiger partial charge in [-0.2, -0.15) is 0 Å². The van der Waals surface area contributed by atoms with E-state index in [1.54, 1.807) is 25.1 Å². The van der Waals surface area contributed by atoms with E-state index in [2.05, 4.69) is 10.6 Å². The highest BCUT2D eigenvalue weighted by Crippen LogP contribution is 2.32. The van der Waals surface area contributed by atoms with Gasteiger partial charge < -0.3 is 25.0 Å². The van der Waals surface area contributed by atoms with Gasteiger partial charge in [0.15, 0.2) is 11.5 Å². The molecule has 9 heteroatoms. The molecule has 0 bridgehead atoms. The molecule has 3 rings (SSSR count). The molecule has 0 aromatic heterocycles. The second-order valence-corrected chi connectivity index (χ2v) is 7.55. The minimum atomic E-state index is -0.394. The standard InChI is InChI=1S/C21H23Cl2N3O4/c1-3-26(12-19(27)25-20-15(22)5-4-6-16(20)23)21(28)24-13(2)14-7-8-17-18(11-14)30-10-9-29-17/h4-8,11,13H,3,9-10,12H2,1-2H3,(H,24,28)(H,25,27). The number of fused-ring (bicyclic) bond motifs is 1. The number of nitrogens with zero attached hydrogens (tertiary/aromatic N) is 1. The monoisotopic (exact) mass is 451 g/mol. The molecule has 1 atom stereocenters. The zero-order valence-corrected chi connectivity index (χ0v) is 18.2. The zero-order chi connectivity index (χ0) is 21.7. The van der Waals surface area contributed by atoms with E-state index in [0.717, 1.165) is 5.56 Å². The lowest BCUT2D eigenvalue weighted by Crippen LogP contribution is -2.44. The number of halogens is 2. The molecule has 1 aliphatic rings. The Bertz CT molecular complexity index is 918. The Morgan fingerprint density at radius 1 is 1.10 bits per heavy atom. The highest BCUT2D eigenvalue weighted by Gasteiger charge is 2.20. The van der Waals surface area contributed by atoms with Gasteiger partial charge in [-0.25, -0.2) is 4.79 Å². The number of nitrogens with one attached hydrogen (secondary N) is 2. The smallest absolute Gasteiger partial charge is 0.318 e. The summed E-state index contributed by atoms with van der Waals surface area (Å²) in [7, 11) is 0. The molecule has 0 radical (unpaired) electrons. The maximum atomic E-state index is 12.7. The molecule has 1 heterocycles. The normalized spacial score (nSPS) is 13.3. The second-order valence-electron chi connectivity index (χ2n) is 6.73. The molecular weight excluding hydrogens is 429 g/mol. The number of carbonyl (C=O) groups is 2. The second kappa shape index (κ2) is 9.91. The number of ether oxygens (including phenoxy) is 2. The van der Waals surface area contributed by atoms with Crippen molar-refractivity contribution in [2.24, 2.45) is 0 Å². The third kappa shape index (κ3) is 5.29. The van der Waals surface area contributed by atoms with Crippen LogP contribution in [0.5, 0.6) is 11.5 Å². The number of anilines is 1. The van der Waals surface area contributed by atoms with Gasteiger partial charge in [-0.05, 0) is 43.7 Å². The molecule has 7 nitrogen and oxygen atoms in total. The first kappa shape index (κ1) is 22.1. The van der Waals surface area contributed by atoms with Crippen molar-refractivity contribution in [2.75, 3.05) is 31.6 Å². The molecule has 0 spiro atoms. The van der Waals surface area contributed by atoms with Crippen LogP contribution in [0.15, 0.2) is 36.4 Å². The molecule has 0 fully saturated rings. The highest BCUT2D eigenvalue weighted by molar-refractivity contribution is 6.39. The summed E-state index contributed by atoms with van der Waals surface area (Å²) < 4.78 is 11.1. The van der Waals surface area contributed by atoms with Crippen LogP contribution in [0.3, 0.4) is 0 Å².